The van der Waals surface area contributed by atoms with Crippen molar-refractivity contribution in [2.24, 2.45) is 0 Å². The highest BCUT2D eigenvalue weighted by molar-refractivity contribution is 6.33. The standard InChI is InChI=1S/C23H24Cl2N4O4/c1-33-20-7-6-15(12-17(20)25)29-22(31)13-19(23(29)32)28-10-8-27(9-11-28)14-21(30)26-18-5-3-2-4-16(18)24/h2-7,12,19H,8-11,13-14H2,1H3,(H,26,30)/t19-/m0/s1. The van der Waals surface area contributed by atoms with Gasteiger partial charge in [0.25, 0.3) is 5.91 Å². The lowest BCUT2D eigenvalue weighted by Crippen LogP contribution is -2.53. The Morgan fingerprint density at radius 3 is 2.45 bits per heavy atom. The maximum Gasteiger partial charge on any atom is 0.251 e. The second-order valence-electron chi connectivity index (χ2n) is 7.95. The minimum Gasteiger partial charge on any atom is -0.495 e. The molecule has 1 atom stereocenters. The Kier molecular flexibility index (Phi) is 7.19. The molecular weight excluding hydrogens is 467 g/mol. The number of nitrogens with zero attached hydrogens (tertiary/aromatic N) is 3. The van der Waals surface area contributed by atoms with E-state index < -0.39 is 6.04 Å². The first-order valence-electron chi connectivity index (χ1n) is 10.6. The summed E-state index contributed by atoms with van der Waals surface area (Å²) in [4.78, 5) is 43.3. The van der Waals surface area contributed by atoms with Crippen LogP contribution in [0.3, 0.4) is 0 Å². The zero-order valence-electron chi connectivity index (χ0n) is 18.1. The third-order valence-corrected chi connectivity index (χ3v) is 6.50. The van der Waals surface area contributed by atoms with E-state index in [1.807, 2.05) is 15.9 Å². The van der Waals surface area contributed by atoms with E-state index in [2.05, 4.69) is 5.32 Å². The Morgan fingerprint density at radius 2 is 1.79 bits per heavy atom. The fourth-order valence-electron chi connectivity index (χ4n) is 4.16. The van der Waals surface area contributed by atoms with E-state index in [1.165, 1.54) is 12.0 Å². The zero-order chi connectivity index (χ0) is 23.5. The van der Waals surface area contributed by atoms with Crippen LogP contribution in [0.4, 0.5) is 11.4 Å². The minimum absolute atomic E-state index is 0.121. The van der Waals surface area contributed by atoms with Crippen LogP contribution in [0.25, 0.3) is 0 Å². The van der Waals surface area contributed by atoms with Crippen molar-refractivity contribution in [3.63, 3.8) is 0 Å². The normalized spacial score (nSPS) is 19.7. The molecular formula is C23H24Cl2N4O4. The molecule has 2 aliphatic heterocycles. The van der Waals surface area contributed by atoms with Gasteiger partial charge in [0.2, 0.25) is 11.8 Å². The lowest BCUT2D eigenvalue weighted by Gasteiger charge is -2.36. The molecule has 1 N–H and O–H groups in total. The Morgan fingerprint density at radius 1 is 1.06 bits per heavy atom. The monoisotopic (exact) mass is 490 g/mol. The first-order valence-corrected chi connectivity index (χ1v) is 11.3. The van der Waals surface area contributed by atoms with Crippen LogP contribution in [-0.4, -0.2) is 73.4 Å². The molecule has 2 aliphatic rings. The van der Waals surface area contributed by atoms with Crippen molar-refractivity contribution in [3.05, 3.63) is 52.5 Å². The SMILES string of the molecule is COc1ccc(N2C(=O)C[C@H](N3CCN(CC(=O)Nc4ccccc4Cl)CC3)C2=O)cc1Cl. The molecule has 0 radical (unpaired) electrons. The number of halogens is 2. The van der Waals surface area contributed by atoms with E-state index >= 15 is 0 Å². The van der Waals surface area contributed by atoms with Gasteiger partial charge in [-0.15, -0.1) is 0 Å². The summed E-state index contributed by atoms with van der Waals surface area (Å²) in [6, 6.07) is 11.4. The van der Waals surface area contributed by atoms with E-state index in [1.54, 1.807) is 36.4 Å². The number of nitrogens with one attached hydrogen (secondary N) is 1. The molecule has 0 aromatic heterocycles. The summed E-state index contributed by atoms with van der Waals surface area (Å²) in [7, 11) is 1.50. The molecule has 8 nitrogen and oxygen atoms in total. The number of ether oxygens (including phenoxy) is 1. The molecule has 33 heavy (non-hydrogen) atoms. The third-order valence-electron chi connectivity index (χ3n) is 5.88. The summed E-state index contributed by atoms with van der Waals surface area (Å²) in [5, 5.41) is 3.65. The van der Waals surface area contributed by atoms with Crippen LogP contribution in [-0.2, 0) is 14.4 Å². The van der Waals surface area contributed by atoms with Crippen LogP contribution >= 0.6 is 23.2 Å². The predicted molar refractivity (Wildman–Crippen MR) is 127 cm³/mol. The second-order valence-corrected chi connectivity index (χ2v) is 8.76. The van der Waals surface area contributed by atoms with Crippen LogP contribution in [0.1, 0.15) is 6.42 Å². The van der Waals surface area contributed by atoms with Crippen molar-refractivity contribution in [2.45, 2.75) is 12.5 Å². The van der Waals surface area contributed by atoms with Gasteiger partial charge in [-0.3, -0.25) is 24.2 Å². The molecule has 0 aliphatic carbocycles. The molecule has 2 fully saturated rings. The molecule has 2 heterocycles. The van der Waals surface area contributed by atoms with Crippen LogP contribution in [0, 0.1) is 0 Å². The quantitative estimate of drug-likeness (QED) is 0.626. The van der Waals surface area contributed by atoms with Gasteiger partial charge in [-0.05, 0) is 30.3 Å². The molecule has 0 saturated carbocycles. The van der Waals surface area contributed by atoms with Crippen LogP contribution in [0.15, 0.2) is 42.5 Å². The average Bonchev–Trinajstić information content (AvgIpc) is 3.09. The summed E-state index contributed by atoms with van der Waals surface area (Å²) in [6.45, 7) is 2.62. The first kappa shape index (κ1) is 23.5. The molecule has 2 saturated heterocycles. The van der Waals surface area contributed by atoms with E-state index in [9.17, 15) is 14.4 Å². The highest BCUT2D eigenvalue weighted by atomic mass is 35.5. The van der Waals surface area contributed by atoms with E-state index in [4.69, 9.17) is 27.9 Å². The minimum atomic E-state index is -0.516. The van der Waals surface area contributed by atoms with Gasteiger partial charge in [0.1, 0.15) is 5.75 Å². The molecule has 0 spiro atoms. The van der Waals surface area contributed by atoms with Crippen LogP contribution in [0.2, 0.25) is 10.0 Å². The van der Waals surface area contributed by atoms with Gasteiger partial charge in [-0.1, -0.05) is 35.3 Å². The van der Waals surface area contributed by atoms with Gasteiger partial charge >= 0.3 is 0 Å². The second kappa shape index (κ2) is 10.1. The number of hydrogen-bond acceptors (Lipinski definition) is 6. The summed E-state index contributed by atoms with van der Waals surface area (Å²) >= 11 is 12.3. The van der Waals surface area contributed by atoms with E-state index in [0.717, 1.165) is 0 Å². The van der Waals surface area contributed by atoms with Gasteiger partial charge in [0.05, 0.1) is 47.5 Å². The Balaban J connectivity index is 1.33. The van der Waals surface area contributed by atoms with Crippen molar-refractivity contribution in [1.29, 1.82) is 0 Å². The number of methoxy groups -OCH3 is 1. The number of hydrogen-bond donors (Lipinski definition) is 1. The molecule has 2 aromatic rings. The molecule has 2 aromatic carbocycles. The largest absolute Gasteiger partial charge is 0.495 e. The number of anilines is 2. The van der Waals surface area contributed by atoms with Gasteiger partial charge in [0, 0.05) is 26.2 Å². The maximum atomic E-state index is 13.1. The fraction of sp³-hybridized carbons (Fsp3) is 0.348. The lowest BCUT2D eigenvalue weighted by molar-refractivity contribution is -0.124. The Hall–Kier alpha value is -2.65. The number of piperazine rings is 1. The highest BCUT2D eigenvalue weighted by Crippen LogP contribution is 2.32. The number of benzene rings is 2. The first-order chi connectivity index (χ1) is 15.9. The van der Waals surface area contributed by atoms with Crippen LogP contribution in [0.5, 0.6) is 5.75 Å². The number of rotatable bonds is 6. The maximum absolute atomic E-state index is 13.1. The van der Waals surface area contributed by atoms with E-state index in [0.29, 0.717) is 53.3 Å². The predicted octanol–water partition coefficient (Wildman–Crippen LogP) is 2.89. The summed E-state index contributed by atoms with van der Waals surface area (Å²) in [5.74, 6) is -0.184. The molecule has 10 heteroatoms. The smallest absolute Gasteiger partial charge is 0.251 e. The van der Waals surface area contributed by atoms with Crippen molar-refractivity contribution in [1.82, 2.24) is 9.80 Å². The Labute approximate surface area is 202 Å². The number of carbonyl (C=O) groups is 3. The fourth-order valence-corrected chi connectivity index (χ4v) is 4.59. The molecule has 3 amide bonds. The number of carbonyl (C=O) groups excluding carboxylic acids is 3. The van der Waals surface area contributed by atoms with Gasteiger partial charge in [0.15, 0.2) is 0 Å². The lowest BCUT2D eigenvalue weighted by atomic mass is 10.1. The molecule has 0 bridgehead atoms. The van der Waals surface area contributed by atoms with Crippen molar-refractivity contribution < 1.29 is 19.1 Å². The third kappa shape index (κ3) is 5.14. The Bertz CT molecular complexity index is 1070. The highest BCUT2D eigenvalue weighted by Gasteiger charge is 2.43. The average molecular weight is 491 g/mol. The summed E-state index contributed by atoms with van der Waals surface area (Å²) < 4.78 is 5.14. The number of imide groups is 1. The van der Waals surface area contributed by atoms with Crippen molar-refractivity contribution in [2.75, 3.05) is 50.1 Å². The molecule has 174 valence electrons. The van der Waals surface area contributed by atoms with E-state index in [-0.39, 0.29) is 30.7 Å². The van der Waals surface area contributed by atoms with Gasteiger partial charge in [-0.25, -0.2) is 4.90 Å². The van der Waals surface area contributed by atoms with Gasteiger partial charge < -0.3 is 10.1 Å². The topological polar surface area (TPSA) is 82.2 Å². The van der Waals surface area contributed by atoms with Crippen LogP contribution < -0.4 is 15.0 Å². The summed E-state index contributed by atoms with van der Waals surface area (Å²) in [5.41, 5.74) is 1.02. The number of amides is 3. The van der Waals surface area contributed by atoms with Crippen molar-refractivity contribution in [3.8, 4) is 5.75 Å². The van der Waals surface area contributed by atoms with Crippen molar-refractivity contribution >= 4 is 52.3 Å². The zero-order valence-corrected chi connectivity index (χ0v) is 19.6. The molecule has 4 rings (SSSR count). The molecule has 0 unspecified atom stereocenters. The number of para-hydroxylation sites is 1. The van der Waals surface area contributed by atoms with Gasteiger partial charge in [-0.2, -0.15) is 0 Å². The summed E-state index contributed by atoms with van der Waals surface area (Å²) in [6.07, 6.45) is 0.121.